The van der Waals surface area contributed by atoms with Crippen molar-refractivity contribution in [3.63, 3.8) is 0 Å². The highest BCUT2D eigenvalue weighted by atomic mass is 35.5. The number of hydrogen-bond donors (Lipinski definition) is 1. The largest absolute Gasteiger partial charge is 0.327 e. The van der Waals surface area contributed by atoms with Gasteiger partial charge in [-0.2, -0.15) is 0 Å². The lowest BCUT2D eigenvalue weighted by Crippen LogP contribution is -2.38. The molecule has 0 fully saturated rings. The molecule has 0 aliphatic heterocycles. The van der Waals surface area contributed by atoms with Gasteiger partial charge in [0.25, 0.3) is 0 Å². The van der Waals surface area contributed by atoms with Gasteiger partial charge in [-0.15, -0.1) is 0 Å². The molecule has 1 nitrogen and oxygen atoms in total. The van der Waals surface area contributed by atoms with Crippen LogP contribution in [0.1, 0.15) is 32.8 Å². The maximum atomic E-state index is 13.2. The molecule has 1 aromatic carbocycles. The molecule has 0 amide bonds. The zero-order valence-corrected chi connectivity index (χ0v) is 10.8. The quantitative estimate of drug-likeness (QED) is 0.856. The fourth-order valence-electron chi connectivity index (χ4n) is 1.48. The molecule has 1 aromatic rings. The third-order valence-corrected chi connectivity index (χ3v) is 3.81. The van der Waals surface area contributed by atoms with Crippen molar-refractivity contribution in [2.24, 2.45) is 11.1 Å². The van der Waals surface area contributed by atoms with Gasteiger partial charge in [-0.3, -0.25) is 0 Å². The molecule has 3 heteroatoms. The third kappa shape index (κ3) is 2.96. The van der Waals surface area contributed by atoms with Crippen molar-refractivity contribution in [3.8, 4) is 0 Å². The summed E-state index contributed by atoms with van der Waals surface area (Å²) in [4.78, 5) is 0. The van der Waals surface area contributed by atoms with Gasteiger partial charge in [0.2, 0.25) is 0 Å². The topological polar surface area (TPSA) is 26.0 Å². The Morgan fingerprint density at radius 1 is 1.44 bits per heavy atom. The van der Waals surface area contributed by atoms with Gasteiger partial charge < -0.3 is 5.73 Å². The minimum atomic E-state index is -0.374. The Labute approximate surface area is 102 Å². The Hall–Kier alpha value is -0.600. The lowest BCUT2D eigenvalue weighted by Gasteiger charge is -2.30. The average molecular weight is 244 g/mol. The summed E-state index contributed by atoms with van der Waals surface area (Å²) in [5.41, 5.74) is 6.96. The van der Waals surface area contributed by atoms with Crippen LogP contribution in [-0.2, 0) is 6.42 Å². The lowest BCUT2D eigenvalue weighted by atomic mass is 9.79. The summed E-state index contributed by atoms with van der Waals surface area (Å²) in [6.07, 6.45) is 1.60. The fourth-order valence-corrected chi connectivity index (χ4v) is 1.68. The van der Waals surface area contributed by atoms with Crippen LogP contribution >= 0.6 is 11.6 Å². The molecule has 0 aliphatic carbocycles. The van der Waals surface area contributed by atoms with E-state index in [4.69, 9.17) is 17.3 Å². The van der Waals surface area contributed by atoms with Crippen LogP contribution in [0.2, 0.25) is 5.02 Å². The Morgan fingerprint density at radius 2 is 2.06 bits per heavy atom. The van der Waals surface area contributed by atoms with E-state index in [9.17, 15) is 4.39 Å². The van der Waals surface area contributed by atoms with Crippen molar-refractivity contribution >= 4 is 11.6 Å². The van der Waals surface area contributed by atoms with E-state index in [0.29, 0.717) is 6.42 Å². The van der Waals surface area contributed by atoms with Crippen molar-refractivity contribution in [1.82, 2.24) is 0 Å². The van der Waals surface area contributed by atoms with Crippen LogP contribution in [0.25, 0.3) is 0 Å². The number of halogens is 2. The lowest BCUT2D eigenvalue weighted by molar-refractivity contribution is 0.272. The van der Waals surface area contributed by atoms with E-state index >= 15 is 0 Å². The molecule has 0 aliphatic rings. The van der Waals surface area contributed by atoms with Crippen molar-refractivity contribution in [3.05, 3.63) is 34.6 Å². The van der Waals surface area contributed by atoms with Gasteiger partial charge in [-0.25, -0.2) is 4.39 Å². The summed E-state index contributed by atoms with van der Waals surface area (Å²) in [7, 11) is 0. The van der Waals surface area contributed by atoms with Gasteiger partial charge >= 0.3 is 0 Å². The van der Waals surface area contributed by atoms with E-state index in [1.165, 1.54) is 6.07 Å². The first-order chi connectivity index (χ1) is 7.38. The molecular weight excluding hydrogens is 225 g/mol. The maximum Gasteiger partial charge on any atom is 0.142 e. The highest BCUT2D eigenvalue weighted by Crippen LogP contribution is 2.28. The molecule has 0 saturated carbocycles. The van der Waals surface area contributed by atoms with Crippen LogP contribution in [0.5, 0.6) is 0 Å². The number of rotatable bonds is 4. The summed E-state index contributed by atoms with van der Waals surface area (Å²) >= 11 is 5.90. The second-order valence-corrected chi connectivity index (χ2v) is 5.24. The Kier molecular flexibility index (Phi) is 4.34. The normalized spacial score (nSPS) is 13.9. The monoisotopic (exact) mass is 243 g/mol. The van der Waals surface area contributed by atoms with Crippen LogP contribution in [-0.4, -0.2) is 6.04 Å². The van der Waals surface area contributed by atoms with Gasteiger partial charge in [0.1, 0.15) is 5.82 Å². The minimum Gasteiger partial charge on any atom is -0.327 e. The molecule has 0 heterocycles. The zero-order valence-electron chi connectivity index (χ0n) is 10.1. The molecule has 90 valence electrons. The molecule has 2 N–H and O–H groups in total. The van der Waals surface area contributed by atoms with Crippen LogP contribution in [0.15, 0.2) is 18.2 Å². The Bertz CT molecular complexity index is 363. The molecule has 0 radical (unpaired) electrons. The summed E-state index contributed by atoms with van der Waals surface area (Å²) in [5.74, 6) is -0.374. The molecule has 0 aromatic heterocycles. The van der Waals surface area contributed by atoms with Gasteiger partial charge in [0.15, 0.2) is 0 Å². The van der Waals surface area contributed by atoms with Crippen LogP contribution < -0.4 is 5.73 Å². The average Bonchev–Trinajstić information content (AvgIpc) is 2.24. The van der Waals surface area contributed by atoms with Gasteiger partial charge in [-0.1, -0.05) is 44.5 Å². The molecule has 0 saturated heterocycles. The van der Waals surface area contributed by atoms with E-state index < -0.39 is 0 Å². The highest BCUT2D eigenvalue weighted by Gasteiger charge is 2.25. The standard InChI is InChI=1S/C13H19ClFN/c1-4-13(2,3)11(16)8-9-6-5-7-10(15)12(9)14/h5-7,11H,4,8,16H2,1-3H3. The summed E-state index contributed by atoms with van der Waals surface area (Å²) in [5, 5.41) is 0.199. The van der Waals surface area contributed by atoms with E-state index in [1.807, 2.05) is 6.07 Å². The molecule has 0 bridgehead atoms. The summed E-state index contributed by atoms with van der Waals surface area (Å²) in [6.45, 7) is 6.34. The SMILES string of the molecule is CCC(C)(C)C(N)Cc1cccc(F)c1Cl. The van der Waals surface area contributed by atoms with Crippen molar-refractivity contribution in [2.75, 3.05) is 0 Å². The minimum absolute atomic E-state index is 0.0169. The van der Waals surface area contributed by atoms with Crippen molar-refractivity contribution in [2.45, 2.75) is 39.7 Å². The molecule has 1 atom stereocenters. The molecule has 0 spiro atoms. The van der Waals surface area contributed by atoms with Crippen molar-refractivity contribution in [1.29, 1.82) is 0 Å². The fraction of sp³-hybridized carbons (Fsp3) is 0.538. The van der Waals surface area contributed by atoms with Gasteiger partial charge in [0, 0.05) is 6.04 Å². The second-order valence-electron chi connectivity index (χ2n) is 4.87. The van der Waals surface area contributed by atoms with Gasteiger partial charge in [0.05, 0.1) is 5.02 Å². The Balaban J connectivity index is 2.85. The summed E-state index contributed by atoms with van der Waals surface area (Å²) < 4.78 is 13.2. The molecular formula is C13H19ClFN. The Morgan fingerprint density at radius 3 is 2.62 bits per heavy atom. The van der Waals surface area contributed by atoms with Gasteiger partial charge in [-0.05, 0) is 29.9 Å². The van der Waals surface area contributed by atoms with Crippen molar-refractivity contribution < 1.29 is 4.39 Å². The maximum absolute atomic E-state index is 13.2. The third-order valence-electron chi connectivity index (χ3n) is 3.39. The highest BCUT2D eigenvalue weighted by molar-refractivity contribution is 6.31. The van der Waals surface area contributed by atoms with E-state index in [0.717, 1.165) is 12.0 Å². The number of hydrogen-bond acceptors (Lipinski definition) is 1. The van der Waals surface area contributed by atoms with E-state index in [-0.39, 0.29) is 22.3 Å². The predicted molar refractivity (Wildman–Crippen MR) is 67.2 cm³/mol. The molecule has 16 heavy (non-hydrogen) atoms. The van der Waals surface area contributed by atoms with E-state index in [1.54, 1.807) is 6.07 Å². The van der Waals surface area contributed by atoms with Crippen LogP contribution in [0.4, 0.5) is 4.39 Å². The van der Waals surface area contributed by atoms with E-state index in [2.05, 4.69) is 20.8 Å². The summed E-state index contributed by atoms with van der Waals surface area (Å²) in [6, 6.07) is 4.85. The zero-order chi connectivity index (χ0) is 12.3. The smallest absolute Gasteiger partial charge is 0.142 e. The van der Waals surface area contributed by atoms with Crippen LogP contribution in [0.3, 0.4) is 0 Å². The predicted octanol–water partition coefficient (Wildman–Crippen LogP) is 3.79. The number of benzene rings is 1. The number of nitrogens with two attached hydrogens (primary N) is 1. The first kappa shape index (κ1) is 13.5. The first-order valence-electron chi connectivity index (χ1n) is 5.57. The molecule has 1 unspecified atom stereocenters. The molecule has 1 rings (SSSR count). The van der Waals surface area contributed by atoms with Crippen LogP contribution in [0, 0.1) is 11.2 Å². The second kappa shape index (κ2) is 5.15. The first-order valence-corrected chi connectivity index (χ1v) is 5.94.